The van der Waals surface area contributed by atoms with Gasteiger partial charge in [-0.2, -0.15) is 0 Å². The van der Waals surface area contributed by atoms with Gasteiger partial charge < -0.3 is 20.3 Å². The van der Waals surface area contributed by atoms with E-state index in [1.54, 1.807) is 0 Å². The maximum absolute atomic E-state index is 12.0. The molecule has 0 heterocycles. The SMILES string of the molecule is O=C(O)C[C@H](O)[C@H](Cc1ccccc1)NC(=O)OCc1ccccc1. The van der Waals surface area contributed by atoms with E-state index < -0.39 is 30.6 Å². The van der Waals surface area contributed by atoms with Crippen LogP contribution in [0.4, 0.5) is 4.79 Å². The lowest BCUT2D eigenvalue weighted by atomic mass is 9.99. The number of amides is 1. The third kappa shape index (κ3) is 6.64. The molecule has 6 heteroatoms. The molecule has 2 aromatic carbocycles. The number of carboxylic acid groups (broad SMARTS) is 1. The van der Waals surface area contributed by atoms with Crippen molar-refractivity contribution >= 4 is 12.1 Å². The monoisotopic (exact) mass is 343 g/mol. The Morgan fingerprint density at radius 3 is 2.08 bits per heavy atom. The van der Waals surface area contributed by atoms with Crippen LogP contribution in [0.5, 0.6) is 0 Å². The fraction of sp³-hybridized carbons (Fsp3) is 0.263. The van der Waals surface area contributed by atoms with Crippen LogP contribution >= 0.6 is 0 Å². The second-order valence-electron chi connectivity index (χ2n) is 5.67. The van der Waals surface area contributed by atoms with Crippen LogP contribution in [0.1, 0.15) is 17.5 Å². The average Bonchev–Trinajstić information content (AvgIpc) is 2.60. The number of aliphatic hydroxyl groups excluding tert-OH is 1. The Morgan fingerprint density at radius 2 is 1.52 bits per heavy atom. The number of ether oxygens (including phenoxy) is 1. The van der Waals surface area contributed by atoms with E-state index in [4.69, 9.17) is 9.84 Å². The number of rotatable bonds is 8. The molecule has 0 saturated heterocycles. The summed E-state index contributed by atoms with van der Waals surface area (Å²) in [7, 11) is 0. The van der Waals surface area contributed by atoms with Crippen LogP contribution in [0.25, 0.3) is 0 Å². The van der Waals surface area contributed by atoms with Crippen molar-refractivity contribution in [1.82, 2.24) is 5.32 Å². The van der Waals surface area contributed by atoms with Gasteiger partial charge >= 0.3 is 12.1 Å². The summed E-state index contributed by atoms with van der Waals surface area (Å²) >= 11 is 0. The highest BCUT2D eigenvalue weighted by Gasteiger charge is 2.24. The first-order valence-electron chi connectivity index (χ1n) is 7.95. The van der Waals surface area contributed by atoms with Gasteiger partial charge in [-0.3, -0.25) is 4.79 Å². The van der Waals surface area contributed by atoms with Crippen molar-refractivity contribution in [1.29, 1.82) is 0 Å². The fourth-order valence-corrected chi connectivity index (χ4v) is 2.39. The Balaban J connectivity index is 1.96. The van der Waals surface area contributed by atoms with Gasteiger partial charge in [0, 0.05) is 0 Å². The molecule has 0 spiro atoms. The molecule has 6 nitrogen and oxygen atoms in total. The van der Waals surface area contributed by atoms with E-state index in [9.17, 15) is 14.7 Å². The molecule has 2 rings (SSSR count). The standard InChI is InChI=1S/C19H21NO5/c21-17(12-18(22)23)16(11-14-7-3-1-4-8-14)20-19(24)25-13-15-9-5-2-6-10-15/h1-10,16-17,21H,11-13H2,(H,20,24)(H,22,23)/t16-,17-/m0/s1. The molecule has 25 heavy (non-hydrogen) atoms. The van der Waals surface area contributed by atoms with E-state index >= 15 is 0 Å². The largest absolute Gasteiger partial charge is 0.481 e. The number of alkyl carbamates (subject to hydrolysis) is 1. The molecule has 132 valence electrons. The Bertz CT molecular complexity index is 675. The highest BCUT2D eigenvalue weighted by Crippen LogP contribution is 2.10. The zero-order valence-electron chi connectivity index (χ0n) is 13.7. The van der Waals surface area contributed by atoms with Gasteiger partial charge in [-0.25, -0.2) is 4.79 Å². The molecule has 0 aliphatic heterocycles. The van der Waals surface area contributed by atoms with E-state index in [0.717, 1.165) is 11.1 Å². The van der Waals surface area contributed by atoms with Crippen LogP contribution in [0.3, 0.4) is 0 Å². The number of carboxylic acids is 1. The normalized spacial score (nSPS) is 12.8. The van der Waals surface area contributed by atoms with E-state index in [1.807, 2.05) is 60.7 Å². The minimum Gasteiger partial charge on any atom is -0.481 e. The fourth-order valence-electron chi connectivity index (χ4n) is 2.39. The average molecular weight is 343 g/mol. The van der Waals surface area contributed by atoms with Crippen LogP contribution in [-0.2, 0) is 22.6 Å². The lowest BCUT2D eigenvalue weighted by Gasteiger charge is -2.23. The van der Waals surface area contributed by atoms with Crippen molar-refractivity contribution in [2.45, 2.75) is 31.6 Å². The molecule has 1 amide bonds. The molecule has 0 aromatic heterocycles. The van der Waals surface area contributed by atoms with Crippen LogP contribution in [0.15, 0.2) is 60.7 Å². The molecule has 0 fully saturated rings. The van der Waals surface area contributed by atoms with Crippen LogP contribution in [0.2, 0.25) is 0 Å². The van der Waals surface area contributed by atoms with Gasteiger partial charge in [0.1, 0.15) is 6.61 Å². The third-order valence-electron chi connectivity index (χ3n) is 3.66. The summed E-state index contributed by atoms with van der Waals surface area (Å²) in [4.78, 5) is 22.9. The Labute approximate surface area is 146 Å². The van der Waals surface area contributed by atoms with Gasteiger partial charge in [0.15, 0.2) is 0 Å². The van der Waals surface area contributed by atoms with E-state index in [2.05, 4.69) is 5.32 Å². The van der Waals surface area contributed by atoms with E-state index in [0.29, 0.717) is 6.42 Å². The quantitative estimate of drug-likeness (QED) is 0.684. The summed E-state index contributed by atoms with van der Waals surface area (Å²) in [6.07, 6.45) is -2.08. The first kappa shape index (κ1) is 18.5. The molecular weight excluding hydrogens is 322 g/mol. The zero-order valence-corrected chi connectivity index (χ0v) is 13.7. The number of benzene rings is 2. The Hall–Kier alpha value is -2.86. The number of aliphatic carboxylic acids is 1. The minimum atomic E-state index is -1.22. The number of hydrogen-bond donors (Lipinski definition) is 3. The lowest BCUT2D eigenvalue weighted by Crippen LogP contribution is -2.45. The molecule has 0 unspecified atom stereocenters. The van der Waals surface area contributed by atoms with Crippen LogP contribution in [0, 0.1) is 0 Å². The molecule has 2 aromatic rings. The molecule has 0 saturated carbocycles. The third-order valence-corrected chi connectivity index (χ3v) is 3.66. The number of aliphatic hydroxyl groups is 1. The number of carbonyl (C=O) groups excluding carboxylic acids is 1. The van der Waals surface area contributed by atoms with Crippen molar-refractivity contribution in [2.24, 2.45) is 0 Å². The molecule has 0 aliphatic rings. The zero-order chi connectivity index (χ0) is 18.1. The highest BCUT2D eigenvalue weighted by atomic mass is 16.5. The van der Waals surface area contributed by atoms with Crippen molar-refractivity contribution in [3.8, 4) is 0 Å². The second kappa shape index (κ2) is 9.44. The highest BCUT2D eigenvalue weighted by molar-refractivity contribution is 5.69. The van der Waals surface area contributed by atoms with E-state index in [1.165, 1.54) is 0 Å². The van der Waals surface area contributed by atoms with Gasteiger partial charge in [0.2, 0.25) is 0 Å². The second-order valence-corrected chi connectivity index (χ2v) is 5.67. The maximum Gasteiger partial charge on any atom is 0.407 e. The molecule has 0 aliphatic carbocycles. The first-order valence-corrected chi connectivity index (χ1v) is 7.95. The summed E-state index contributed by atoms with van der Waals surface area (Å²) in [6, 6.07) is 17.7. The van der Waals surface area contributed by atoms with E-state index in [-0.39, 0.29) is 6.61 Å². The minimum absolute atomic E-state index is 0.0970. The molecule has 2 atom stereocenters. The van der Waals surface area contributed by atoms with Crippen LogP contribution < -0.4 is 5.32 Å². The predicted octanol–water partition coefficient (Wildman–Crippen LogP) is 2.36. The molecular formula is C19H21NO5. The van der Waals surface area contributed by atoms with Gasteiger partial charge in [0.05, 0.1) is 18.6 Å². The topological polar surface area (TPSA) is 95.9 Å². The van der Waals surface area contributed by atoms with Gasteiger partial charge in [-0.1, -0.05) is 60.7 Å². The summed E-state index contributed by atoms with van der Waals surface area (Å²) in [5.41, 5.74) is 1.71. The number of nitrogens with one attached hydrogen (secondary N) is 1. The summed E-state index contributed by atoms with van der Waals surface area (Å²) in [6.45, 7) is 0.0970. The lowest BCUT2D eigenvalue weighted by molar-refractivity contribution is -0.139. The molecule has 3 N–H and O–H groups in total. The summed E-state index contributed by atoms with van der Waals surface area (Å²) < 4.78 is 5.14. The van der Waals surface area contributed by atoms with Crippen molar-refractivity contribution < 1.29 is 24.5 Å². The van der Waals surface area contributed by atoms with Crippen molar-refractivity contribution in [3.63, 3.8) is 0 Å². The summed E-state index contributed by atoms with van der Waals surface area (Å²) in [5, 5.41) is 21.6. The maximum atomic E-state index is 12.0. The smallest absolute Gasteiger partial charge is 0.407 e. The van der Waals surface area contributed by atoms with Crippen molar-refractivity contribution in [3.05, 3.63) is 71.8 Å². The molecule has 0 bridgehead atoms. The number of hydrogen-bond acceptors (Lipinski definition) is 4. The van der Waals surface area contributed by atoms with Gasteiger partial charge in [0.25, 0.3) is 0 Å². The predicted molar refractivity (Wildman–Crippen MR) is 92.0 cm³/mol. The van der Waals surface area contributed by atoms with Crippen molar-refractivity contribution in [2.75, 3.05) is 0 Å². The van der Waals surface area contributed by atoms with Gasteiger partial charge in [-0.05, 0) is 17.5 Å². The Morgan fingerprint density at radius 1 is 0.960 bits per heavy atom. The molecule has 0 radical (unpaired) electrons. The van der Waals surface area contributed by atoms with Crippen LogP contribution in [-0.4, -0.2) is 34.4 Å². The number of carbonyl (C=O) groups is 2. The summed E-state index contributed by atoms with van der Waals surface area (Å²) in [5.74, 6) is -1.13. The van der Waals surface area contributed by atoms with Gasteiger partial charge in [-0.15, -0.1) is 0 Å². The Kier molecular flexibility index (Phi) is 6.98. The first-order chi connectivity index (χ1) is 12.0.